The number of aliphatic hydroxyl groups excluding tert-OH is 1. The number of aliphatic hydroxyl groups is 1. The van der Waals surface area contributed by atoms with Crippen molar-refractivity contribution in [1.29, 1.82) is 0 Å². The van der Waals surface area contributed by atoms with Gasteiger partial charge in [-0.3, -0.25) is 0 Å². The van der Waals surface area contributed by atoms with Gasteiger partial charge < -0.3 is 10.0 Å². The van der Waals surface area contributed by atoms with Crippen LogP contribution in [0.15, 0.2) is 0 Å². The van der Waals surface area contributed by atoms with Gasteiger partial charge >= 0.3 is 0 Å². The highest BCUT2D eigenvalue weighted by Crippen LogP contribution is 2.35. The average molecular weight is 241 g/mol. The molecule has 102 valence electrons. The molecule has 1 fully saturated rings. The Morgan fingerprint density at radius 1 is 1.06 bits per heavy atom. The molecule has 0 aromatic heterocycles. The van der Waals surface area contributed by atoms with Gasteiger partial charge in [0.25, 0.3) is 0 Å². The first-order chi connectivity index (χ1) is 7.87. The predicted octanol–water partition coefficient (Wildman–Crippen LogP) is 3.30. The summed E-state index contributed by atoms with van der Waals surface area (Å²) in [5.74, 6) is 0. The topological polar surface area (TPSA) is 23.5 Å². The van der Waals surface area contributed by atoms with Gasteiger partial charge in [0.1, 0.15) is 0 Å². The number of hydrogen-bond donors (Lipinski definition) is 1. The standard InChI is InChI=1S/C15H31NO/c1-14(2,3)11-16(4)12-15(13-17)9-7-5-6-8-10-15/h17H,5-13H2,1-4H3. The highest BCUT2D eigenvalue weighted by atomic mass is 16.3. The van der Waals surface area contributed by atoms with Gasteiger partial charge in [-0.25, -0.2) is 0 Å². The molecule has 0 heterocycles. The molecule has 0 amide bonds. The molecule has 0 atom stereocenters. The van der Waals surface area contributed by atoms with Gasteiger partial charge in [0.2, 0.25) is 0 Å². The van der Waals surface area contributed by atoms with Crippen molar-refractivity contribution < 1.29 is 5.11 Å². The van der Waals surface area contributed by atoms with E-state index in [9.17, 15) is 5.11 Å². The normalized spacial score (nSPS) is 21.5. The van der Waals surface area contributed by atoms with Gasteiger partial charge in [-0.2, -0.15) is 0 Å². The second-order valence-electron chi connectivity index (χ2n) is 7.31. The zero-order valence-electron chi connectivity index (χ0n) is 12.3. The third-order valence-electron chi connectivity index (χ3n) is 3.85. The Morgan fingerprint density at radius 3 is 2.00 bits per heavy atom. The van der Waals surface area contributed by atoms with Crippen molar-refractivity contribution >= 4 is 0 Å². The predicted molar refractivity (Wildman–Crippen MR) is 74.2 cm³/mol. The van der Waals surface area contributed by atoms with E-state index >= 15 is 0 Å². The lowest BCUT2D eigenvalue weighted by atomic mass is 9.80. The first-order valence-electron chi connectivity index (χ1n) is 7.16. The third kappa shape index (κ3) is 5.39. The Hall–Kier alpha value is -0.0800. The highest BCUT2D eigenvalue weighted by molar-refractivity contribution is 4.84. The summed E-state index contributed by atoms with van der Waals surface area (Å²) in [7, 11) is 2.20. The summed E-state index contributed by atoms with van der Waals surface area (Å²) in [4.78, 5) is 2.42. The van der Waals surface area contributed by atoms with Crippen LogP contribution in [-0.2, 0) is 0 Å². The van der Waals surface area contributed by atoms with Crippen LogP contribution in [0.25, 0.3) is 0 Å². The summed E-state index contributed by atoms with van der Waals surface area (Å²) < 4.78 is 0. The van der Waals surface area contributed by atoms with Crippen LogP contribution >= 0.6 is 0 Å². The summed E-state index contributed by atoms with van der Waals surface area (Å²) in [5.41, 5.74) is 0.520. The monoisotopic (exact) mass is 241 g/mol. The largest absolute Gasteiger partial charge is 0.396 e. The molecule has 0 bridgehead atoms. The molecule has 0 radical (unpaired) electrons. The lowest BCUT2D eigenvalue weighted by molar-refractivity contribution is 0.0577. The summed E-state index contributed by atoms with van der Waals surface area (Å²) in [6.45, 7) is 9.36. The molecule has 0 spiro atoms. The quantitative estimate of drug-likeness (QED) is 0.763. The first kappa shape index (κ1) is 15.0. The molecular formula is C15H31NO. The van der Waals surface area contributed by atoms with Gasteiger partial charge in [-0.1, -0.05) is 46.5 Å². The zero-order valence-corrected chi connectivity index (χ0v) is 12.3. The summed E-state index contributed by atoms with van der Waals surface area (Å²) in [6, 6.07) is 0. The van der Waals surface area contributed by atoms with Gasteiger partial charge in [-0.05, 0) is 25.3 Å². The molecule has 0 unspecified atom stereocenters. The summed E-state index contributed by atoms with van der Waals surface area (Å²) in [5, 5.41) is 9.79. The fourth-order valence-corrected chi connectivity index (χ4v) is 3.28. The van der Waals surface area contributed by atoms with Crippen molar-refractivity contribution in [2.24, 2.45) is 10.8 Å². The van der Waals surface area contributed by atoms with E-state index in [1.807, 2.05) is 0 Å². The second kappa shape index (κ2) is 6.19. The minimum absolute atomic E-state index is 0.177. The molecule has 0 aliphatic heterocycles. The maximum Gasteiger partial charge on any atom is 0.0499 e. The maximum absolute atomic E-state index is 9.79. The van der Waals surface area contributed by atoms with E-state index < -0.39 is 0 Å². The van der Waals surface area contributed by atoms with E-state index in [0.29, 0.717) is 12.0 Å². The molecule has 0 aromatic rings. The Labute approximate surface area is 107 Å². The van der Waals surface area contributed by atoms with E-state index in [-0.39, 0.29) is 5.41 Å². The van der Waals surface area contributed by atoms with Crippen LogP contribution in [0.4, 0.5) is 0 Å². The van der Waals surface area contributed by atoms with Crippen LogP contribution in [0.1, 0.15) is 59.3 Å². The molecule has 1 N–H and O–H groups in total. The fourth-order valence-electron chi connectivity index (χ4n) is 3.28. The summed E-state index contributed by atoms with van der Waals surface area (Å²) in [6.07, 6.45) is 7.71. The van der Waals surface area contributed by atoms with E-state index in [1.54, 1.807) is 0 Å². The molecule has 17 heavy (non-hydrogen) atoms. The van der Waals surface area contributed by atoms with Gasteiger partial charge in [-0.15, -0.1) is 0 Å². The van der Waals surface area contributed by atoms with Crippen molar-refractivity contribution in [2.75, 3.05) is 26.7 Å². The lowest BCUT2D eigenvalue weighted by Crippen LogP contribution is -2.41. The molecule has 1 aliphatic rings. The van der Waals surface area contributed by atoms with Crippen molar-refractivity contribution in [3.8, 4) is 0 Å². The zero-order chi connectivity index (χ0) is 12.9. The number of rotatable bonds is 4. The van der Waals surface area contributed by atoms with E-state index in [1.165, 1.54) is 38.5 Å². The Balaban J connectivity index is 2.54. The molecule has 1 aliphatic carbocycles. The molecular weight excluding hydrogens is 210 g/mol. The van der Waals surface area contributed by atoms with Crippen LogP contribution in [0.5, 0.6) is 0 Å². The highest BCUT2D eigenvalue weighted by Gasteiger charge is 2.32. The average Bonchev–Trinajstić information content (AvgIpc) is 2.41. The molecule has 2 heteroatoms. The first-order valence-corrected chi connectivity index (χ1v) is 7.16. The molecule has 1 rings (SSSR count). The maximum atomic E-state index is 9.79. The Kier molecular flexibility index (Phi) is 5.46. The Morgan fingerprint density at radius 2 is 1.59 bits per heavy atom. The second-order valence-corrected chi connectivity index (χ2v) is 7.31. The SMILES string of the molecule is CN(CC(C)(C)C)CC1(CO)CCCCCC1. The van der Waals surface area contributed by atoms with E-state index in [2.05, 4.69) is 32.7 Å². The fraction of sp³-hybridized carbons (Fsp3) is 1.00. The lowest BCUT2D eigenvalue weighted by Gasteiger charge is -2.37. The van der Waals surface area contributed by atoms with E-state index in [0.717, 1.165) is 13.1 Å². The van der Waals surface area contributed by atoms with Gasteiger partial charge in [0.15, 0.2) is 0 Å². The Bertz CT molecular complexity index is 211. The molecule has 0 aromatic carbocycles. The van der Waals surface area contributed by atoms with Crippen molar-refractivity contribution in [2.45, 2.75) is 59.3 Å². The molecule has 1 saturated carbocycles. The number of hydrogen-bond acceptors (Lipinski definition) is 2. The number of nitrogens with zero attached hydrogens (tertiary/aromatic N) is 1. The molecule has 2 nitrogen and oxygen atoms in total. The van der Waals surface area contributed by atoms with Gasteiger partial charge in [0.05, 0.1) is 0 Å². The van der Waals surface area contributed by atoms with Gasteiger partial charge in [0, 0.05) is 25.1 Å². The molecule has 0 saturated heterocycles. The minimum Gasteiger partial charge on any atom is -0.396 e. The van der Waals surface area contributed by atoms with Crippen LogP contribution in [-0.4, -0.2) is 36.8 Å². The van der Waals surface area contributed by atoms with Crippen molar-refractivity contribution in [3.05, 3.63) is 0 Å². The van der Waals surface area contributed by atoms with Crippen LogP contribution < -0.4 is 0 Å². The third-order valence-corrected chi connectivity index (χ3v) is 3.85. The smallest absolute Gasteiger partial charge is 0.0499 e. The summed E-state index contributed by atoms with van der Waals surface area (Å²) >= 11 is 0. The van der Waals surface area contributed by atoms with E-state index in [4.69, 9.17) is 0 Å². The van der Waals surface area contributed by atoms with Crippen LogP contribution in [0, 0.1) is 10.8 Å². The van der Waals surface area contributed by atoms with Crippen molar-refractivity contribution in [3.63, 3.8) is 0 Å². The minimum atomic E-state index is 0.177. The van der Waals surface area contributed by atoms with Crippen LogP contribution in [0.2, 0.25) is 0 Å². The van der Waals surface area contributed by atoms with Crippen LogP contribution in [0.3, 0.4) is 0 Å². The van der Waals surface area contributed by atoms with Crippen molar-refractivity contribution in [1.82, 2.24) is 4.90 Å².